The van der Waals surface area contributed by atoms with E-state index in [1.807, 2.05) is 0 Å². The Labute approximate surface area is 146 Å². The summed E-state index contributed by atoms with van der Waals surface area (Å²) in [7, 11) is -13.4. The van der Waals surface area contributed by atoms with Gasteiger partial charge in [-0.25, -0.2) is 21.6 Å². The van der Waals surface area contributed by atoms with Crippen molar-refractivity contribution in [1.82, 2.24) is 0 Å². The Kier molecular flexibility index (Phi) is 7.74. The van der Waals surface area contributed by atoms with Gasteiger partial charge in [-0.1, -0.05) is 20.4 Å². The van der Waals surface area contributed by atoms with Crippen LogP contribution in [0.3, 0.4) is 0 Å². The third-order valence-corrected chi connectivity index (χ3v) is 7.87. The van der Waals surface area contributed by atoms with Crippen molar-refractivity contribution in [3.8, 4) is 0 Å². The summed E-state index contributed by atoms with van der Waals surface area (Å²) in [5, 5.41) is 0. The van der Waals surface area contributed by atoms with Crippen LogP contribution in [-0.4, -0.2) is 44.5 Å². The van der Waals surface area contributed by atoms with Gasteiger partial charge in [0.05, 0.1) is 0 Å². The SMILES string of the molecule is C=CC(=O)OC(CCC(S(=O)(=O)C(F)(F)F)S(=O)(=O)C(F)(F)F)C(C)C. The molecule has 0 aromatic rings. The van der Waals surface area contributed by atoms with Crippen LogP contribution in [0.2, 0.25) is 0 Å². The molecule has 0 radical (unpaired) electrons. The highest BCUT2D eigenvalue weighted by molar-refractivity contribution is 8.09. The highest BCUT2D eigenvalue weighted by Gasteiger charge is 2.62. The molecule has 154 valence electrons. The molecule has 0 rings (SSSR count). The summed E-state index contributed by atoms with van der Waals surface area (Å²) < 4.78 is 122. The van der Waals surface area contributed by atoms with Crippen LogP contribution >= 0.6 is 0 Å². The van der Waals surface area contributed by atoms with Gasteiger partial charge >= 0.3 is 17.0 Å². The maximum atomic E-state index is 12.6. The van der Waals surface area contributed by atoms with Gasteiger partial charge in [-0.05, 0) is 18.8 Å². The van der Waals surface area contributed by atoms with Crippen molar-refractivity contribution in [2.24, 2.45) is 5.92 Å². The lowest BCUT2D eigenvalue weighted by Gasteiger charge is -2.25. The van der Waals surface area contributed by atoms with Gasteiger partial charge in [0.1, 0.15) is 6.10 Å². The van der Waals surface area contributed by atoms with Crippen molar-refractivity contribution in [2.45, 2.75) is 48.4 Å². The van der Waals surface area contributed by atoms with Crippen molar-refractivity contribution >= 4 is 25.6 Å². The Morgan fingerprint density at radius 2 is 1.35 bits per heavy atom. The fourth-order valence-corrected chi connectivity index (χ4v) is 5.28. The molecule has 0 aliphatic heterocycles. The minimum absolute atomic E-state index is 0.651. The average molecular weight is 434 g/mol. The third kappa shape index (κ3) is 5.59. The third-order valence-electron chi connectivity index (χ3n) is 3.20. The van der Waals surface area contributed by atoms with Gasteiger partial charge < -0.3 is 4.74 Å². The molecule has 0 amide bonds. The second kappa shape index (κ2) is 8.15. The maximum Gasteiger partial charge on any atom is 0.498 e. The molecule has 0 aliphatic rings. The summed E-state index contributed by atoms with van der Waals surface area (Å²) in [6.45, 7) is 5.81. The van der Waals surface area contributed by atoms with Crippen molar-refractivity contribution in [2.75, 3.05) is 0 Å². The number of ether oxygens (including phenoxy) is 1. The van der Waals surface area contributed by atoms with E-state index in [1.54, 1.807) is 0 Å². The van der Waals surface area contributed by atoms with Gasteiger partial charge in [-0.15, -0.1) is 0 Å². The predicted molar refractivity (Wildman–Crippen MR) is 77.9 cm³/mol. The first-order chi connectivity index (χ1) is 11.4. The smallest absolute Gasteiger partial charge is 0.459 e. The molecule has 0 saturated carbocycles. The monoisotopic (exact) mass is 434 g/mol. The summed E-state index contributed by atoms with van der Waals surface area (Å²) >= 11 is 0. The zero-order valence-corrected chi connectivity index (χ0v) is 15.1. The van der Waals surface area contributed by atoms with Crippen LogP contribution in [-0.2, 0) is 29.2 Å². The fraction of sp³-hybridized carbons (Fsp3) is 0.750. The Balaban J connectivity index is 5.94. The quantitative estimate of drug-likeness (QED) is 0.331. The van der Waals surface area contributed by atoms with Gasteiger partial charge in [0.15, 0.2) is 4.58 Å². The number of rotatable bonds is 8. The molecule has 26 heavy (non-hydrogen) atoms. The molecular weight excluding hydrogens is 418 g/mol. The van der Waals surface area contributed by atoms with Crippen LogP contribution in [0.15, 0.2) is 12.7 Å². The second-order valence-corrected chi connectivity index (χ2v) is 9.95. The zero-order valence-electron chi connectivity index (χ0n) is 13.5. The van der Waals surface area contributed by atoms with E-state index < -0.39 is 66.1 Å². The van der Waals surface area contributed by atoms with Crippen molar-refractivity contribution in [1.29, 1.82) is 0 Å². The van der Waals surface area contributed by atoms with Crippen LogP contribution < -0.4 is 0 Å². The van der Waals surface area contributed by atoms with E-state index in [0.29, 0.717) is 6.08 Å². The molecule has 1 unspecified atom stereocenters. The van der Waals surface area contributed by atoms with Gasteiger partial charge in [0, 0.05) is 6.08 Å². The molecule has 0 bridgehead atoms. The van der Waals surface area contributed by atoms with E-state index in [0.717, 1.165) is 0 Å². The van der Waals surface area contributed by atoms with Crippen molar-refractivity contribution < 1.29 is 52.7 Å². The standard InChI is InChI=1S/C12H16F6O6S2/c1-4-9(19)24-8(7(2)3)5-6-10(25(20,21)11(13,14)15)26(22,23)12(16,17)18/h4,7-8,10H,1,5-6H2,2-3H3. The topological polar surface area (TPSA) is 94.6 Å². The minimum Gasteiger partial charge on any atom is -0.459 e. The van der Waals surface area contributed by atoms with Crippen molar-refractivity contribution in [3.05, 3.63) is 12.7 Å². The lowest BCUT2D eigenvalue weighted by Crippen LogP contribution is -2.45. The number of halogens is 6. The van der Waals surface area contributed by atoms with E-state index in [1.165, 1.54) is 13.8 Å². The van der Waals surface area contributed by atoms with Crippen LogP contribution in [0.1, 0.15) is 26.7 Å². The largest absolute Gasteiger partial charge is 0.498 e. The molecule has 6 nitrogen and oxygen atoms in total. The highest BCUT2D eigenvalue weighted by Crippen LogP contribution is 2.38. The number of carbonyl (C=O) groups excluding carboxylic acids is 1. The van der Waals surface area contributed by atoms with Gasteiger partial charge in [-0.3, -0.25) is 0 Å². The van der Waals surface area contributed by atoms with E-state index >= 15 is 0 Å². The lowest BCUT2D eigenvalue weighted by atomic mass is 10.0. The van der Waals surface area contributed by atoms with E-state index in [4.69, 9.17) is 4.74 Å². The Morgan fingerprint density at radius 1 is 0.962 bits per heavy atom. The van der Waals surface area contributed by atoms with Gasteiger partial charge in [0.25, 0.3) is 19.7 Å². The van der Waals surface area contributed by atoms with Gasteiger partial charge in [0.2, 0.25) is 0 Å². The first kappa shape index (κ1) is 24.7. The molecule has 0 spiro atoms. The average Bonchev–Trinajstić information content (AvgIpc) is 2.42. The number of alkyl halides is 6. The molecule has 0 heterocycles. The van der Waals surface area contributed by atoms with Crippen molar-refractivity contribution in [3.63, 3.8) is 0 Å². The second-order valence-electron chi connectivity index (χ2n) is 5.41. The number of hydrogen-bond donors (Lipinski definition) is 0. The molecule has 0 N–H and O–H groups in total. The highest BCUT2D eigenvalue weighted by atomic mass is 32.3. The maximum absolute atomic E-state index is 12.6. The Bertz CT molecular complexity index is 676. The Hall–Kier alpha value is -1.31. The molecule has 0 fully saturated rings. The number of carbonyl (C=O) groups is 1. The molecule has 14 heteroatoms. The van der Waals surface area contributed by atoms with Crippen LogP contribution in [0.5, 0.6) is 0 Å². The molecular formula is C12H16F6O6S2. The summed E-state index contributed by atoms with van der Waals surface area (Å²) in [6.07, 6.45) is -3.09. The number of sulfone groups is 2. The molecule has 0 aromatic heterocycles. The van der Waals surface area contributed by atoms with E-state index in [9.17, 15) is 48.0 Å². The molecule has 0 saturated heterocycles. The normalized spacial score (nSPS) is 15.2. The molecule has 1 atom stereocenters. The summed E-state index contributed by atoms with van der Waals surface area (Å²) in [6, 6.07) is 0. The predicted octanol–water partition coefficient (Wildman–Crippen LogP) is 2.72. The summed E-state index contributed by atoms with van der Waals surface area (Å²) in [5.41, 5.74) is -12.4. The molecule has 0 aromatic carbocycles. The van der Waals surface area contributed by atoms with Crippen LogP contribution in [0.25, 0.3) is 0 Å². The van der Waals surface area contributed by atoms with E-state index in [2.05, 4.69) is 6.58 Å². The zero-order chi connectivity index (χ0) is 21.1. The lowest BCUT2D eigenvalue weighted by molar-refractivity contribution is -0.145. The molecule has 0 aliphatic carbocycles. The van der Waals surface area contributed by atoms with E-state index in [-0.39, 0.29) is 0 Å². The van der Waals surface area contributed by atoms with Gasteiger partial charge in [-0.2, -0.15) is 26.3 Å². The van der Waals surface area contributed by atoms with Crippen LogP contribution in [0, 0.1) is 5.92 Å². The number of esters is 1. The number of hydrogen-bond acceptors (Lipinski definition) is 6. The van der Waals surface area contributed by atoms with Crippen LogP contribution in [0.4, 0.5) is 26.3 Å². The summed E-state index contributed by atoms with van der Waals surface area (Å²) in [4.78, 5) is 11.1. The fourth-order valence-electron chi connectivity index (χ4n) is 1.80. The first-order valence-electron chi connectivity index (χ1n) is 6.83. The Morgan fingerprint density at radius 3 is 1.62 bits per heavy atom. The summed E-state index contributed by atoms with van der Waals surface area (Å²) in [5.74, 6) is -1.71. The minimum atomic E-state index is -6.70. The first-order valence-corrected chi connectivity index (χ1v) is 9.92.